The van der Waals surface area contributed by atoms with Crippen molar-refractivity contribution in [3.63, 3.8) is 0 Å². The van der Waals surface area contributed by atoms with Crippen molar-refractivity contribution < 1.29 is 9.90 Å². The van der Waals surface area contributed by atoms with E-state index < -0.39 is 5.60 Å². The molecule has 4 saturated carbocycles. The van der Waals surface area contributed by atoms with E-state index in [0.717, 1.165) is 37.9 Å². The quantitative estimate of drug-likeness (QED) is 0.896. The van der Waals surface area contributed by atoms with Gasteiger partial charge in [-0.25, -0.2) is 0 Å². The van der Waals surface area contributed by atoms with E-state index in [4.69, 9.17) is 0 Å². The fraction of sp³-hybridized carbons (Fsp3) is 0.579. The van der Waals surface area contributed by atoms with Gasteiger partial charge in [0.25, 0.3) is 5.91 Å². The third-order valence-electron chi connectivity index (χ3n) is 6.54. The molecule has 4 aliphatic carbocycles. The molecular formula is C19H24N4O2. The number of hydrogen-bond donors (Lipinski definition) is 2. The second-order valence-electron chi connectivity index (χ2n) is 8.29. The predicted octanol–water partition coefficient (Wildman–Crippen LogP) is 1.88. The van der Waals surface area contributed by atoms with Crippen LogP contribution in [0.3, 0.4) is 0 Å². The first kappa shape index (κ1) is 15.2. The van der Waals surface area contributed by atoms with Crippen molar-refractivity contribution in [2.45, 2.75) is 43.7 Å². The van der Waals surface area contributed by atoms with E-state index in [0.29, 0.717) is 23.3 Å². The number of nitrogens with one attached hydrogen (secondary N) is 1. The molecule has 6 rings (SSSR count). The number of carbonyl (C=O) groups is 1. The Morgan fingerprint density at radius 1 is 1.24 bits per heavy atom. The van der Waals surface area contributed by atoms with E-state index in [9.17, 15) is 9.90 Å². The Bertz CT molecular complexity index is 794. The Morgan fingerprint density at radius 3 is 2.56 bits per heavy atom. The molecule has 4 aliphatic rings. The van der Waals surface area contributed by atoms with Gasteiger partial charge in [-0.2, -0.15) is 5.10 Å². The van der Waals surface area contributed by atoms with Crippen molar-refractivity contribution in [1.29, 1.82) is 0 Å². The fourth-order valence-electron chi connectivity index (χ4n) is 5.82. The lowest BCUT2D eigenvalue weighted by Gasteiger charge is -2.58. The molecule has 0 saturated heterocycles. The van der Waals surface area contributed by atoms with Gasteiger partial charge in [-0.05, 0) is 62.0 Å². The Hall–Kier alpha value is -2.08. The lowest BCUT2D eigenvalue weighted by atomic mass is 9.52. The molecule has 0 spiro atoms. The average molecular weight is 340 g/mol. The smallest absolute Gasteiger partial charge is 0.256 e. The first-order valence-electron chi connectivity index (χ1n) is 9.21. The molecule has 25 heavy (non-hydrogen) atoms. The molecule has 0 aromatic carbocycles. The summed E-state index contributed by atoms with van der Waals surface area (Å²) < 4.78 is 3.65. The summed E-state index contributed by atoms with van der Waals surface area (Å²) in [7, 11) is 1.85. The maximum Gasteiger partial charge on any atom is 0.256 e. The molecule has 2 N–H and O–H groups in total. The molecule has 0 aliphatic heterocycles. The lowest BCUT2D eigenvalue weighted by Crippen LogP contribution is -2.61. The zero-order valence-electron chi connectivity index (χ0n) is 14.4. The number of aryl methyl sites for hydroxylation is 1. The molecule has 4 bridgehead atoms. The number of aromatic nitrogens is 3. The van der Waals surface area contributed by atoms with Gasteiger partial charge in [0.1, 0.15) is 11.4 Å². The van der Waals surface area contributed by atoms with Crippen LogP contribution in [0, 0.1) is 17.8 Å². The third-order valence-corrected chi connectivity index (χ3v) is 6.54. The Morgan fingerprint density at radius 2 is 1.92 bits per heavy atom. The molecule has 4 fully saturated rings. The van der Waals surface area contributed by atoms with Crippen LogP contribution in [0.4, 0.5) is 0 Å². The van der Waals surface area contributed by atoms with Gasteiger partial charge in [0, 0.05) is 25.5 Å². The summed E-state index contributed by atoms with van der Waals surface area (Å²) in [6.45, 7) is 0. The molecular weight excluding hydrogens is 316 g/mol. The van der Waals surface area contributed by atoms with E-state index in [1.807, 2.05) is 36.1 Å². The minimum Gasteiger partial charge on any atom is -0.390 e. The van der Waals surface area contributed by atoms with Crippen LogP contribution in [0.5, 0.6) is 0 Å². The maximum absolute atomic E-state index is 13.0. The third kappa shape index (κ3) is 2.34. The van der Waals surface area contributed by atoms with E-state index >= 15 is 0 Å². The average Bonchev–Trinajstić information content (AvgIpc) is 3.18. The summed E-state index contributed by atoms with van der Waals surface area (Å²) >= 11 is 0. The normalized spacial score (nSPS) is 35.9. The first-order valence-corrected chi connectivity index (χ1v) is 9.21. The molecule has 0 radical (unpaired) electrons. The van der Waals surface area contributed by atoms with Gasteiger partial charge in [-0.1, -0.05) is 0 Å². The number of nitrogens with zero attached hydrogens (tertiary/aromatic N) is 3. The topological polar surface area (TPSA) is 72.1 Å². The van der Waals surface area contributed by atoms with Crippen LogP contribution in [0.15, 0.2) is 30.7 Å². The van der Waals surface area contributed by atoms with Crippen LogP contribution in [0.25, 0.3) is 5.82 Å². The maximum atomic E-state index is 13.0. The van der Waals surface area contributed by atoms with Gasteiger partial charge >= 0.3 is 0 Å². The van der Waals surface area contributed by atoms with Crippen molar-refractivity contribution >= 4 is 5.91 Å². The molecule has 2 atom stereocenters. The minimum atomic E-state index is -0.470. The fourth-order valence-corrected chi connectivity index (χ4v) is 5.82. The zero-order valence-corrected chi connectivity index (χ0v) is 14.4. The second-order valence-corrected chi connectivity index (χ2v) is 8.29. The highest BCUT2D eigenvalue weighted by Crippen LogP contribution is 2.55. The van der Waals surface area contributed by atoms with Gasteiger partial charge in [0.2, 0.25) is 0 Å². The van der Waals surface area contributed by atoms with Crippen LogP contribution < -0.4 is 5.32 Å². The van der Waals surface area contributed by atoms with Crippen molar-refractivity contribution in [1.82, 2.24) is 19.7 Å². The van der Waals surface area contributed by atoms with Crippen LogP contribution >= 0.6 is 0 Å². The molecule has 6 nitrogen and oxygen atoms in total. The van der Waals surface area contributed by atoms with E-state index in [2.05, 4.69) is 10.4 Å². The number of aliphatic hydroxyl groups is 1. The molecule has 2 aromatic rings. The summed E-state index contributed by atoms with van der Waals surface area (Å²) in [6, 6.07) is 4.06. The van der Waals surface area contributed by atoms with Gasteiger partial charge < -0.3 is 15.0 Å². The summed E-state index contributed by atoms with van der Waals surface area (Å²) in [5, 5.41) is 18.3. The first-order chi connectivity index (χ1) is 12.0. The van der Waals surface area contributed by atoms with Crippen LogP contribution in [-0.2, 0) is 7.05 Å². The number of amides is 1. The molecule has 2 aromatic heterocycles. The molecule has 132 valence electrons. The molecule has 2 unspecified atom stereocenters. The van der Waals surface area contributed by atoms with Crippen molar-refractivity contribution in [3.05, 3.63) is 36.3 Å². The van der Waals surface area contributed by atoms with E-state index in [1.165, 1.54) is 0 Å². The van der Waals surface area contributed by atoms with E-state index in [1.54, 1.807) is 10.9 Å². The summed E-state index contributed by atoms with van der Waals surface area (Å²) in [5.74, 6) is 2.19. The highest BCUT2D eigenvalue weighted by Gasteiger charge is 2.55. The van der Waals surface area contributed by atoms with Crippen molar-refractivity contribution in [3.8, 4) is 5.82 Å². The Balaban J connectivity index is 1.40. The highest BCUT2D eigenvalue weighted by molar-refractivity contribution is 5.97. The largest absolute Gasteiger partial charge is 0.390 e. The standard InChI is InChI=1S/C19H24N4O2/c1-22-18(23-4-2-3-5-23)15(11-20-22)17(24)21-16-13-6-12-7-14(16)10-19(25,8-12)9-13/h2-5,11-14,16,25H,6-10H2,1H3,(H,21,24). The Labute approximate surface area is 146 Å². The monoisotopic (exact) mass is 340 g/mol. The Kier molecular flexibility index (Phi) is 3.17. The highest BCUT2D eigenvalue weighted by atomic mass is 16.3. The second kappa shape index (κ2) is 5.21. The van der Waals surface area contributed by atoms with Crippen LogP contribution in [0.2, 0.25) is 0 Å². The van der Waals surface area contributed by atoms with Crippen LogP contribution in [0.1, 0.15) is 42.5 Å². The van der Waals surface area contributed by atoms with Gasteiger partial charge in [0.15, 0.2) is 0 Å². The number of carbonyl (C=O) groups excluding carboxylic acids is 1. The van der Waals surface area contributed by atoms with Gasteiger partial charge in [0.05, 0.1) is 11.8 Å². The molecule has 6 heteroatoms. The number of hydrogen-bond acceptors (Lipinski definition) is 3. The number of rotatable bonds is 3. The van der Waals surface area contributed by atoms with Crippen molar-refractivity contribution in [2.24, 2.45) is 24.8 Å². The summed E-state index contributed by atoms with van der Waals surface area (Å²) in [5.41, 5.74) is 0.133. The summed E-state index contributed by atoms with van der Waals surface area (Å²) in [6.07, 6.45) is 10.4. The van der Waals surface area contributed by atoms with Gasteiger partial charge in [-0.15, -0.1) is 0 Å². The predicted molar refractivity (Wildman–Crippen MR) is 92.3 cm³/mol. The molecule has 2 heterocycles. The van der Waals surface area contributed by atoms with Gasteiger partial charge in [-0.3, -0.25) is 9.48 Å². The molecule has 1 amide bonds. The SMILES string of the molecule is Cn1ncc(C(=O)NC2C3CC4CC2CC(O)(C4)C3)c1-n1cccc1. The van der Waals surface area contributed by atoms with E-state index in [-0.39, 0.29) is 11.9 Å². The zero-order chi connectivity index (χ0) is 17.2. The lowest BCUT2D eigenvalue weighted by molar-refractivity contribution is -0.136. The minimum absolute atomic E-state index is 0.0544. The van der Waals surface area contributed by atoms with Crippen molar-refractivity contribution in [2.75, 3.05) is 0 Å². The van der Waals surface area contributed by atoms with Crippen LogP contribution in [-0.4, -0.2) is 37.0 Å². The summed E-state index contributed by atoms with van der Waals surface area (Å²) in [4.78, 5) is 13.0.